The van der Waals surface area contributed by atoms with Crippen LogP contribution < -0.4 is 11.1 Å². The highest BCUT2D eigenvalue weighted by molar-refractivity contribution is 6.29. The normalized spacial score (nSPS) is 26.0. The van der Waals surface area contributed by atoms with E-state index in [0.29, 0.717) is 10.8 Å². The maximum absolute atomic E-state index is 12.3. The van der Waals surface area contributed by atoms with Crippen molar-refractivity contribution < 1.29 is 0 Å². The molecule has 2 fully saturated rings. The van der Waals surface area contributed by atoms with E-state index < -0.39 is 11.1 Å². The van der Waals surface area contributed by atoms with Crippen LogP contribution in [0, 0.1) is 11.8 Å². The van der Waals surface area contributed by atoms with Gasteiger partial charge in [0.05, 0.1) is 12.2 Å². The van der Waals surface area contributed by atoms with Gasteiger partial charge in [0.15, 0.2) is 5.15 Å². The van der Waals surface area contributed by atoms with Crippen molar-refractivity contribution in [1.29, 1.82) is 0 Å². The largest absolute Gasteiger partial charge is 0.316 e. The van der Waals surface area contributed by atoms with Crippen LogP contribution in [0.1, 0.15) is 31.0 Å². The number of hydrogen-bond acceptors (Lipinski definition) is 4. The Kier molecular flexibility index (Phi) is 3.14. The highest BCUT2D eigenvalue weighted by atomic mass is 35.5. The summed E-state index contributed by atoms with van der Waals surface area (Å²) in [5, 5.41) is 7.94. The van der Waals surface area contributed by atoms with Crippen LogP contribution in [0.15, 0.2) is 34.1 Å². The lowest BCUT2D eigenvalue weighted by Crippen LogP contribution is -2.42. The van der Waals surface area contributed by atoms with Gasteiger partial charge in [-0.3, -0.25) is 9.59 Å². The van der Waals surface area contributed by atoms with E-state index >= 15 is 0 Å². The molecule has 0 bridgehead atoms. The summed E-state index contributed by atoms with van der Waals surface area (Å²) >= 11 is 5.68. The number of aromatic nitrogens is 4. The second-order valence-electron chi connectivity index (χ2n) is 6.17. The predicted molar refractivity (Wildman–Crippen MR) is 81.0 cm³/mol. The molecule has 0 N–H and O–H groups in total. The van der Waals surface area contributed by atoms with Crippen LogP contribution >= 0.6 is 11.6 Å². The lowest BCUT2D eigenvalue weighted by Gasteiger charge is -2.16. The second kappa shape index (κ2) is 5.05. The van der Waals surface area contributed by atoms with Gasteiger partial charge in [0.2, 0.25) is 0 Å². The molecular weight excluding hydrogens is 304 g/mol. The molecule has 0 spiro atoms. The first-order chi connectivity index (χ1) is 10.6. The Hall–Kier alpha value is -1.95. The second-order valence-corrected chi connectivity index (χ2v) is 6.56. The molecule has 2 aliphatic carbocycles. The lowest BCUT2D eigenvalue weighted by atomic mass is 10.1. The van der Waals surface area contributed by atoms with Crippen LogP contribution in [-0.4, -0.2) is 19.3 Å². The Bertz CT molecular complexity index is 817. The number of halogens is 1. The number of hydrogen-bond donors (Lipinski definition) is 0. The zero-order chi connectivity index (χ0) is 15.3. The Morgan fingerprint density at radius 1 is 1.05 bits per heavy atom. The quantitative estimate of drug-likeness (QED) is 0.804. The zero-order valence-electron chi connectivity index (χ0n) is 11.9. The molecule has 114 valence electrons. The van der Waals surface area contributed by atoms with Crippen LogP contribution in [0.3, 0.4) is 0 Å². The molecule has 22 heavy (non-hydrogen) atoms. The molecule has 0 aromatic carbocycles. The molecule has 0 amide bonds. The first kappa shape index (κ1) is 13.7. The van der Waals surface area contributed by atoms with Gasteiger partial charge in [0.1, 0.15) is 0 Å². The van der Waals surface area contributed by atoms with Crippen LogP contribution in [0.25, 0.3) is 0 Å². The molecule has 4 rings (SSSR count). The summed E-state index contributed by atoms with van der Waals surface area (Å²) in [7, 11) is 0. The Morgan fingerprint density at radius 2 is 1.82 bits per heavy atom. The fourth-order valence-electron chi connectivity index (χ4n) is 3.45. The first-order valence-corrected chi connectivity index (χ1v) is 7.79. The average Bonchev–Trinajstić information content (AvgIpc) is 3.12. The first-order valence-electron chi connectivity index (χ1n) is 7.41. The number of nitrogens with zero attached hydrogens (tertiary/aromatic N) is 4. The van der Waals surface area contributed by atoms with Gasteiger partial charge in [-0.05, 0) is 43.2 Å². The van der Waals surface area contributed by atoms with Gasteiger partial charge in [-0.1, -0.05) is 11.6 Å². The van der Waals surface area contributed by atoms with E-state index in [-0.39, 0.29) is 12.6 Å². The molecular formula is C15H15ClN4O2. The number of fused-ring (bicyclic) bond motifs is 1. The van der Waals surface area contributed by atoms with Gasteiger partial charge in [0, 0.05) is 18.4 Å². The van der Waals surface area contributed by atoms with E-state index in [0.717, 1.165) is 24.7 Å². The summed E-state index contributed by atoms with van der Waals surface area (Å²) in [6.45, 7) is 0.217. The van der Waals surface area contributed by atoms with Gasteiger partial charge in [-0.15, -0.1) is 5.10 Å². The van der Waals surface area contributed by atoms with Crippen molar-refractivity contribution >= 4 is 11.6 Å². The minimum Gasteiger partial charge on any atom is -0.306 e. The fraction of sp³-hybridized carbons (Fsp3) is 0.467. The van der Waals surface area contributed by atoms with Crippen molar-refractivity contribution in [1.82, 2.24) is 19.3 Å². The monoisotopic (exact) mass is 318 g/mol. The average molecular weight is 319 g/mol. The van der Waals surface area contributed by atoms with Gasteiger partial charge in [-0.2, -0.15) is 5.10 Å². The molecule has 2 saturated carbocycles. The maximum Gasteiger partial charge on any atom is 0.316 e. The topological polar surface area (TPSA) is 69.8 Å². The molecule has 2 heterocycles. The van der Waals surface area contributed by atoms with Gasteiger partial charge >= 0.3 is 11.1 Å². The van der Waals surface area contributed by atoms with Gasteiger partial charge < -0.3 is 9.13 Å². The third-order valence-electron chi connectivity index (χ3n) is 4.72. The maximum atomic E-state index is 12.3. The van der Waals surface area contributed by atoms with Crippen LogP contribution in [-0.2, 0) is 6.54 Å². The Morgan fingerprint density at radius 3 is 2.50 bits per heavy atom. The Balaban J connectivity index is 1.61. The molecule has 2 unspecified atom stereocenters. The van der Waals surface area contributed by atoms with Crippen molar-refractivity contribution in [3.8, 4) is 0 Å². The number of rotatable bonds is 3. The van der Waals surface area contributed by atoms with Crippen molar-refractivity contribution in [2.75, 3.05) is 0 Å². The fourth-order valence-corrected chi connectivity index (χ4v) is 3.55. The van der Waals surface area contributed by atoms with Crippen LogP contribution in [0.2, 0.25) is 5.15 Å². The van der Waals surface area contributed by atoms with Crippen molar-refractivity contribution in [2.24, 2.45) is 11.8 Å². The van der Waals surface area contributed by atoms with Crippen molar-refractivity contribution in [2.45, 2.75) is 31.8 Å². The van der Waals surface area contributed by atoms with Gasteiger partial charge in [0.25, 0.3) is 0 Å². The zero-order valence-corrected chi connectivity index (χ0v) is 12.6. The summed E-state index contributed by atoms with van der Waals surface area (Å²) in [6, 6.07) is 3.49. The summed E-state index contributed by atoms with van der Waals surface area (Å²) in [5.41, 5.74) is -0.374. The molecule has 2 atom stereocenters. The van der Waals surface area contributed by atoms with E-state index in [2.05, 4.69) is 10.2 Å². The van der Waals surface area contributed by atoms with E-state index in [1.807, 2.05) is 0 Å². The third-order valence-corrected chi connectivity index (χ3v) is 4.92. The molecule has 2 aromatic heterocycles. The molecule has 0 radical (unpaired) electrons. The van der Waals surface area contributed by atoms with Crippen molar-refractivity contribution in [3.63, 3.8) is 0 Å². The summed E-state index contributed by atoms with van der Waals surface area (Å²) in [5.74, 6) is 1.53. The highest BCUT2D eigenvalue weighted by Gasteiger charge is 2.46. The SMILES string of the molecule is O=c1c(=O)n(C2CC3CC3C2)ccn1Cc1ccc(Cl)nn1. The molecule has 6 nitrogen and oxygen atoms in total. The molecule has 7 heteroatoms. The third kappa shape index (κ3) is 2.37. The van der Waals surface area contributed by atoms with E-state index in [1.165, 1.54) is 11.0 Å². The lowest BCUT2D eigenvalue weighted by molar-refractivity contribution is 0.445. The van der Waals surface area contributed by atoms with Crippen LogP contribution in [0.5, 0.6) is 0 Å². The summed E-state index contributed by atoms with van der Waals surface area (Å²) < 4.78 is 2.98. The summed E-state index contributed by atoms with van der Waals surface area (Å²) in [4.78, 5) is 24.6. The standard InChI is InChI=1S/C15H15ClN4O2/c16-13-2-1-11(17-18-13)8-19-3-4-20(15(22)14(19)21)12-6-9-5-10(9)7-12/h1-4,9-10,12H,5-8H2. The smallest absolute Gasteiger partial charge is 0.306 e. The predicted octanol–water partition coefficient (Wildman–Crippen LogP) is 1.47. The Labute approximate surface area is 131 Å². The minimum atomic E-state index is -0.514. The van der Waals surface area contributed by atoms with Crippen molar-refractivity contribution in [3.05, 3.63) is 56.1 Å². The van der Waals surface area contributed by atoms with E-state index in [1.54, 1.807) is 29.1 Å². The van der Waals surface area contributed by atoms with E-state index in [4.69, 9.17) is 11.6 Å². The van der Waals surface area contributed by atoms with Gasteiger partial charge in [-0.25, -0.2) is 0 Å². The molecule has 0 saturated heterocycles. The highest BCUT2D eigenvalue weighted by Crippen LogP contribution is 2.55. The minimum absolute atomic E-state index is 0.189. The molecule has 2 aliphatic rings. The molecule has 0 aliphatic heterocycles. The van der Waals surface area contributed by atoms with E-state index in [9.17, 15) is 9.59 Å². The molecule has 2 aromatic rings. The summed E-state index contributed by atoms with van der Waals surface area (Å²) in [6.07, 6.45) is 6.72. The van der Waals surface area contributed by atoms with Crippen LogP contribution in [0.4, 0.5) is 0 Å².